The Balaban J connectivity index is 3.60. The first-order valence-electron chi connectivity index (χ1n) is 5.49. The van der Waals surface area contributed by atoms with Crippen molar-refractivity contribution < 1.29 is 14.6 Å². The molecule has 0 unspecified atom stereocenters. The van der Waals surface area contributed by atoms with E-state index in [9.17, 15) is 4.79 Å². The van der Waals surface area contributed by atoms with Gasteiger partial charge >= 0.3 is 5.97 Å². The molecule has 0 amide bonds. The summed E-state index contributed by atoms with van der Waals surface area (Å²) in [7, 11) is 0. The van der Waals surface area contributed by atoms with Gasteiger partial charge in [-0.1, -0.05) is 13.8 Å². The number of carbonyl (C=O) groups is 1. The number of nitrogens with one attached hydrogen (secondary N) is 1. The number of aliphatic hydroxyl groups is 1. The first-order chi connectivity index (χ1) is 7.02. The molecule has 0 aromatic rings. The number of ether oxygens (including phenoxy) is 1. The average molecular weight is 217 g/mol. The predicted molar refractivity (Wildman–Crippen MR) is 59.6 cm³/mol. The monoisotopic (exact) mass is 217 g/mol. The number of rotatable bonds is 8. The van der Waals surface area contributed by atoms with Gasteiger partial charge in [0.05, 0.1) is 13.2 Å². The normalized spacial score (nSPS) is 11.5. The van der Waals surface area contributed by atoms with Crippen molar-refractivity contribution in [1.29, 1.82) is 0 Å². The second-order valence-electron chi connectivity index (χ2n) is 4.40. The minimum Gasteiger partial charge on any atom is -0.465 e. The molecule has 0 bridgehead atoms. The Hall–Kier alpha value is -0.610. The molecule has 0 aliphatic rings. The van der Waals surface area contributed by atoms with Gasteiger partial charge in [0.2, 0.25) is 0 Å². The van der Waals surface area contributed by atoms with Gasteiger partial charge in [0.25, 0.3) is 0 Å². The molecule has 0 aliphatic carbocycles. The number of hydrogen-bond donors (Lipinski definition) is 2. The minimum absolute atomic E-state index is 0.106. The van der Waals surface area contributed by atoms with Crippen molar-refractivity contribution >= 4 is 5.97 Å². The number of esters is 1. The van der Waals surface area contributed by atoms with Crippen LogP contribution in [0.25, 0.3) is 0 Å². The fourth-order valence-electron chi connectivity index (χ4n) is 1.36. The SMILES string of the molecule is CCOC(=O)CNCC(C)(C)CCCO. The lowest BCUT2D eigenvalue weighted by atomic mass is 9.88. The van der Waals surface area contributed by atoms with E-state index in [0.29, 0.717) is 6.61 Å². The van der Waals surface area contributed by atoms with Crippen LogP contribution in [0.2, 0.25) is 0 Å². The molecule has 0 aromatic carbocycles. The molecule has 0 aliphatic heterocycles. The lowest BCUT2D eigenvalue weighted by Crippen LogP contribution is -2.33. The van der Waals surface area contributed by atoms with Gasteiger partial charge in [-0.05, 0) is 25.2 Å². The Morgan fingerprint density at radius 1 is 1.47 bits per heavy atom. The van der Waals surface area contributed by atoms with Crippen LogP contribution in [0, 0.1) is 5.41 Å². The summed E-state index contributed by atoms with van der Waals surface area (Å²) in [6.07, 6.45) is 1.74. The van der Waals surface area contributed by atoms with Gasteiger partial charge in [-0.15, -0.1) is 0 Å². The van der Waals surface area contributed by atoms with Crippen LogP contribution in [-0.2, 0) is 9.53 Å². The summed E-state index contributed by atoms with van der Waals surface area (Å²) in [5.41, 5.74) is 0.106. The summed E-state index contributed by atoms with van der Waals surface area (Å²) in [6, 6.07) is 0. The molecule has 4 heteroatoms. The minimum atomic E-state index is -0.213. The first kappa shape index (κ1) is 14.4. The van der Waals surface area contributed by atoms with Gasteiger partial charge in [-0.3, -0.25) is 4.79 Å². The van der Waals surface area contributed by atoms with Crippen molar-refractivity contribution in [3.63, 3.8) is 0 Å². The molecule has 0 rings (SSSR count). The van der Waals surface area contributed by atoms with Crippen LogP contribution in [-0.4, -0.2) is 37.4 Å². The lowest BCUT2D eigenvalue weighted by molar-refractivity contribution is -0.142. The third-order valence-corrected chi connectivity index (χ3v) is 2.19. The molecular weight excluding hydrogens is 194 g/mol. The highest BCUT2D eigenvalue weighted by Crippen LogP contribution is 2.20. The molecule has 15 heavy (non-hydrogen) atoms. The van der Waals surface area contributed by atoms with E-state index in [1.807, 2.05) is 0 Å². The zero-order valence-corrected chi connectivity index (χ0v) is 10.0. The van der Waals surface area contributed by atoms with Crippen LogP contribution in [0.1, 0.15) is 33.6 Å². The molecule has 0 saturated carbocycles. The molecule has 0 aromatic heterocycles. The lowest BCUT2D eigenvalue weighted by Gasteiger charge is -2.24. The third-order valence-electron chi connectivity index (χ3n) is 2.19. The second kappa shape index (κ2) is 7.65. The maximum atomic E-state index is 11.0. The van der Waals surface area contributed by atoms with Gasteiger partial charge in [0, 0.05) is 13.2 Å². The molecule has 90 valence electrons. The summed E-state index contributed by atoms with van der Waals surface area (Å²) in [5.74, 6) is -0.213. The van der Waals surface area contributed by atoms with Gasteiger partial charge in [-0.25, -0.2) is 0 Å². The number of hydrogen-bond acceptors (Lipinski definition) is 4. The summed E-state index contributed by atoms with van der Waals surface area (Å²) in [6.45, 7) is 7.68. The highest BCUT2D eigenvalue weighted by Gasteiger charge is 2.17. The molecule has 0 fully saturated rings. The quantitative estimate of drug-likeness (QED) is 0.594. The average Bonchev–Trinajstić information content (AvgIpc) is 2.15. The highest BCUT2D eigenvalue weighted by molar-refractivity contribution is 5.71. The Morgan fingerprint density at radius 3 is 2.67 bits per heavy atom. The molecule has 0 radical (unpaired) electrons. The summed E-state index contributed by atoms with van der Waals surface area (Å²) in [4.78, 5) is 11.0. The summed E-state index contributed by atoms with van der Waals surface area (Å²) < 4.78 is 4.80. The van der Waals surface area contributed by atoms with Crippen molar-refractivity contribution in [1.82, 2.24) is 5.32 Å². The van der Waals surface area contributed by atoms with E-state index in [1.165, 1.54) is 0 Å². The summed E-state index contributed by atoms with van der Waals surface area (Å²) >= 11 is 0. The van der Waals surface area contributed by atoms with Crippen molar-refractivity contribution in [2.45, 2.75) is 33.6 Å². The van der Waals surface area contributed by atoms with Gasteiger partial charge in [0.15, 0.2) is 0 Å². The van der Waals surface area contributed by atoms with Crippen molar-refractivity contribution in [2.75, 3.05) is 26.3 Å². The maximum Gasteiger partial charge on any atom is 0.319 e. The van der Waals surface area contributed by atoms with Crippen LogP contribution in [0.5, 0.6) is 0 Å². The molecule has 0 spiro atoms. The van der Waals surface area contributed by atoms with Gasteiger partial charge in [0.1, 0.15) is 0 Å². The standard InChI is InChI=1S/C11H23NO3/c1-4-15-10(14)8-12-9-11(2,3)6-5-7-13/h12-13H,4-9H2,1-3H3. The van der Waals surface area contributed by atoms with E-state index < -0.39 is 0 Å². The van der Waals surface area contributed by atoms with Crippen LogP contribution in [0.3, 0.4) is 0 Å². The largest absolute Gasteiger partial charge is 0.465 e. The Labute approximate surface area is 92.0 Å². The maximum absolute atomic E-state index is 11.0. The molecule has 0 heterocycles. The van der Waals surface area contributed by atoms with E-state index in [2.05, 4.69) is 19.2 Å². The zero-order valence-electron chi connectivity index (χ0n) is 10.0. The zero-order chi connectivity index (χ0) is 11.7. The molecular formula is C11H23NO3. The topological polar surface area (TPSA) is 58.6 Å². The van der Waals surface area contributed by atoms with Gasteiger partial charge < -0.3 is 15.2 Å². The number of carbonyl (C=O) groups excluding carboxylic acids is 1. The summed E-state index contributed by atoms with van der Waals surface area (Å²) in [5, 5.41) is 11.8. The number of aliphatic hydroxyl groups excluding tert-OH is 1. The van der Waals surface area contributed by atoms with E-state index >= 15 is 0 Å². The Bertz CT molecular complexity index is 181. The fourth-order valence-corrected chi connectivity index (χ4v) is 1.36. The van der Waals surface area contributed by atoms with Crippen molar-refractivity contribution in [2.24, 2.45) is 5.41 Å². The van der Waals surface area contributed by atoms with Crippen LogP contribution < -0.4 is 5.32 Å². The van der Waals surface area contributed by atoms with E-state index in [1.54, 1.807) is 6.92 Å². The molecule has 0 saturated heterocycles. The molecule has 0 atom stereocenters. The van der Waals surface area contributed by atoms with Gasteiger partial charge in [-0.2, -0.15) is 0 Å². The Kier molecular flexibility index (Phi) is 7.34. The predicted octanol–water partition coefficient (Wildman–Crippen LogP) is 0.938. The third kappa shape index (κ3) is 8.39. The second-order valence-corrected chi connectivity index (χ2v) is 4.40. The molecule has 4 nitrogen and oxygen atoms in total. The highest BCUT2D eigenvalue weighted by atomic mass is 16.5. The van der Waals surface area contributed by atoms with Crippen LogP contribution in [0.4, 0.5) is 0 Å². The first-order valence-corrected chi connectivity index (χ1v) is 5.49. The fraction of sp³-hybridized carbons (Fsp3) is 0.909. The van der Waals surface area contributed by atoms with Crippen LogP contribution in [0.15, 0.2) is 0 Å². The van der Waals surface area contributed by atoms with Crippen molar-refractivity contribution in [3.8, 4) is 0 Å². The molecule has 2 N–H and O–H groups in total. The van der Waals surface area contributed by atoms with Crippen molar-refractivity contribution in [3.05, 3.63) is 0 Å². The van der Waals surface area contributed by atoms with Crippen LogP contribution >= 0.6 is 0 Å². The smallest absolute Gasteiger partial charge is 0.319 e. The Morgan fingerprint density at radius 2 is 2.13 bits per heavy atom. The van der Waals surface area contributed by atoms with E-state index in [4.69, 9.17) is 9.84 Å². The van der Waals surface area contributed by atoms with E-state index in [0.717, 1.165) is 19.4 Å². The van der Waals surface area contributed by atoms with E-state index in [-0.39, 0.29) is 24.5 Å².